The van der Waals surface area contributed by atoms with E-state index in [2.05, 4.69) is 6.92 Å². The lowest BCUT2D eigenvalue weighted by Crippen LogP contribution is -2.02. The summed E-state index contributed by atoms with van der Waals surface area (Å²) < 4.78 is 5.05. The fourth-order valence-electron chi connectivity index (χ4n) is 1.53. The highest BCUT2D eigenvalue weighted by molar-refractivity contribution is 6.33. The van der Waals surface area contributed by atoms with Crippen LogP contribution in [-0.4, -0.2) is 18.2 Å². The maximum atomic E-state index is 10.9. The van der Waals surface area contributed by atoms with E-state index < -0.39 is 5.97 Å². The lowest BCUT2D eigenvalue weighted by atomic mass is 10.0. The van der Waals surface area contributed by atoms with E-state index in [1.165, 1.54) is 13.2 Å². The SMILES string of the molecule is CCCCc1ccc(C(=O)O)c(OC)c1Cl. The number of benzene rings is 1. The molecule has 3 nitrogen and oxygen atoms in total. The molecule has 0 radical (unpaired) electrons. The zero-order chi connectivity index (χ0) is 12.1. The van der Waals surface area contributed by atoms with Crippen LogP contribution in [-0.2, 0) is 6.42 Å². The Bertz CT molecular complexity index is 388. The van der Waals surface area contributed by atoms with Crippen molar-refractivity contribution in [3.8, 4) is 5.75 Å². The van der Waals surface area contributed by atoms with Gasteiger partial charge in [-0.1, -0.05) is 31.0 Å². The van der Waals surface area contributed by atoms with E-state index in [9.17, 15) is 4.79 Å². The number of halogens is 1. The van der Waals surface area contributed by atoms with Gasteiger partial charge in [-0.25, -0.2) is 4.79 Å². The first-order valence-corrected chi connectivity index (χ1v) is 5.58. The van der Waals surface area contributed by atoms with E-state index in [-0.39, 0.29) is 11.3 Å². The van der Waals surface area contributed by atoms with Gasteiger partial charge in [0.1, 0.15) is 5.56 Å². The molecular weight excluding hydrogens is 228 g/mol. The van der Waals surface area contributed by atoms with Crippen molar-refractivity contribution in [2.24, 2.45) is 0 Å². The number of aromatic carboxylic acids is 1. The van der Waals surface area contributed by atoms with Crippen LogP contribution in [0.4, 0.5) is 0 Å². The van der Waals surface area contributed by atoms with Crippen LogP contribution in [0.5, 0.6) is 5.75 Å². The molecular formula is C12H15ClO3. The molecule has 1 aromatic rings. The highest BCUT2D eigenvalue weighted by atomic mass is 35.5. The van der Waals surface area contributed by atoms with Gasteiger partial charge in [0.15, 0.2) is 5.75 Å². The van der Waals surface area contributed by atoms with Gasteiger partial charge in [0, 0.05) is 0 Å². The third-order valence-corrected chi connectivity index (χ3v) is 2.83. The van der Waals surface area contributed by atoms with E-state index in [1.54, 1.807) is 6.07 Å². The number of ether oxygens (including phenoxy) is 1. The normalized spacial score (nSPS) is 10.2. The molecule has 1 aromatic carbocycles. The van der Waals surface area contributed by atoms with Crippen LogP contribution in [0.15, 0.2) is 12.1 Å². The maximum Gasteiger partial charge on any atom is 0.339 e. The number of hydrogen-bond acceptors (Lipinski definition) is 2. The van der Waals surface area contributed by atoms with E-state index >= 15 is 0 Å². The maximum absolute atomic E-state index is 10.9. The van der Waals surface area contributed by atoms with Gasteiger partial charge in [-0.3, -0.25) is 0 Å². The number of aryl methyl sites for hydroxylation is 1. The summed E-state index contributed by atoms with van der Waals surface area (Å²) in [6.07, 6.45) is 2.93. The monoisotopic (exact) mass is 242 g/mol. The molecule has 0 aromatic heterocycles. The van der Waals surface area contributed by atoms with Crippen LogP contribution in [0.25, 0.3) is 0 Å². The van der Waals surface area contributed by atoms with Gasteiger partial charge < -0.3 is 9.84 Å². The minimum absolute atomic E-state index is 0.104. The van der Waals surface area contributed by atoms with Crippen LogP contribution in [0.1, 0.15) is 35.7 Å². The van der Waals surface area contributed by atoms with Crippen LogP contribution in [0.2, 0.25) is 5.02 Å². The van der Waals surface area contributed by atoms with Gasteiger partial charge in [-0.2, -0.15) is 0 Å². The van der Waals surface area contributed by atoms with Gasteiger partial charge in [0.25, 0.3) is 0 Å². The number of unbranched alkanes of at least 4 members (excludes halogenated alkanes) is 1. The fourth-order valence-corrected chi connectivity index (χ4v) is 1.86. The molecule has 1 N–H and O–H groups in total. The molecule has 0 spiro atoms. The third-order valence-electron chi connectivity index (χ3n) is 2.41. The Morgan fingerprint density at radius 3 is 2.69 bits per heavy atom. The molecule has 0 aliphatic heterocycles. The van der Waals surface area contributed by atoms with Crippen LogP contribution < -0.4 is 4.74 Å². The molecule has 0 heterocycles. The first-order valence-electron chi connectivity index (χ1n) is 5.20. The molecule has 0 aliphatic carbocycles. The molecule has 0 atom stereocenters. The van der Waals surface area contributed by atoms with Gasteiger partial charge in [0.05, 0.1) is 12.1 Å². The highest BCUT2D eigenvalue weighted by Crippen LogP contribution is 2.32. The predicted molar refractivity (Wildman–Crippen MR) is 63.6 cm³/mol. The Hall–Kier alpha value is -1.22. The van der Waals surface area contributed by atoms with Crippen molar-refractivity contribution in [2.75, 3.05) is 7.11 Å². The first-order chi connectivity index (χ1) is 7.61. The molecule has 0 saturated heterocycles. The van der Waals surface area contributed by atoms with Crippen molar-refractivity contribution in [3.63, 3.8) is 0 Å². The number of methoxy groups -OCH3 is 1. The summed E-state index contributed by atoms with van der Waals surface area (Å²) in [6, 6.07) is 3.29. The Balaban J connectivity index is 3.12. The van der Waals surface area contributed by atoms with Crippen LogP contribution in [0, 0.1) is 0 Å². The molecule has 16 heavy (non-hydrogen) atoms. The topological polar surface area (TPSA) is 46.5 Å². The average molecular weight is 243 g/mol. The van der Waals surface area contributed by atoms with Crippen molar-refractivity contribution in [1.29, 1.82) is 0 Å². The summed E-state index contributed by atoms with van der Waals surface area (Å²) in [4.78, 5) is 10.9. The molecule has 0 fully saturated rings. The largest absolute Gasteiger partial charge is 0.494 e. The summed E-state index contributed by atoms with van der Waals surface area (Å²) in [5.74, 6) is -0.774. The average Bonchev–Trinajstić information content (AvgIpc) is 2.26. The molecule has 0 saturated carbocycles. The molecule has 4 heteroatoms. The zero-order valence-electron chi connectivity index (χ0n) is 9.42. The highest BCUT2D eigenvalue weighted by Gasteiger charge is 2.16. The molecule has 88 valence electrons. The molecule has 0 unspecified atom stereocenters. The van der Waals surface area contributed by atoms with Gasteiger partial charge in [-0.05, 0) is 24.5 Å². The number of rotatable bonds is 5. The number of carboxylic acids is 1. The standard InChI is InChI=1S/C12H15ClO3/c1-3-4-5-8-6-7-9(12(14)15)11(16-2)10(8)13/h6-7H,3-5H2,1-2H3,(H,14,15). The lowest BCUT2D eigenvalue weighted by molar-refractivity contribution is 0.0693. The summed E-state index contributed by atoms with van der Waals surface area (Å²) >= 11 is 6.11. The predicted octanol–water partition coefficient (Wildman–Crippen LogP) is 3.39. The number of carbonyl (C=O) groups is 1. The second-order valence-corrected chi connectivity index (χ2v) is 3.91. The van der Waals surface area contributed by atoms with Crippen molar-refractivity contribution in [1.82, 2.24) is 0 Å². The molecule has 0 aliphatic rings. The van der Waals surface area contributed by atoms with Crippen LogP contribution in [0.3, 0.4) is 0 Å². The van der Waals surface area contributed by atoms with Gasteiger partial charge in [-0.15, -0.1) is 0 Å². The fraction of sp³-hybridized carbons (Fsp3) is 0.417. The molecule has 0 amide bonds. The smallest absolute Gasteiger partial charge is 0.339 e. The minimum atomic E-state index is -1.03. The van der Waals surface area contributed by atoms with Crippen molar-refractivity contribution in [3.05, 3.63) is 28.3 Å². The molecule has 0 bridgehead atoms. The van der Waals surface area contributed by atoms with Crippen LogP contribution >= 0.6 is 11.6 Å². The van der Waals surface area contributed by atoms with Crippen molar-refractivity contribution < 1.29 is 14.6 Å². The van der Waals surface area contributed by atoms with E-state index in [4.69, 9.17) is 21.4 Å². The summed E-state index contributed by atoms with van der Waals surface area (Å²) in [6.45, 7) is 2.09. The van der Waals surface area contributed by atoms with Crippen molar-refractivity contribution >= 4 is 17.6 Å². The summed E-state index contributed by atoms with van der Waals surface area (Å²) in [5, 5.41) is 9.36. The van der Waals surface area contributed by atoms with E-state index in [0.717, 1.165) is 24.8 Å². The third kappa shape index (κ3) is 2.67. The number of hydrogen-bond donors (Lipinski definition) is 1. The second kappa shape index (κ2) is 5.75. The van der Waals surface area contributed by atoms with E-state index in [0.29, 0.717) is 5.02 Å². The Morgan fingerprint density at radius 2 is 2.19 bits per heavy atom. The van der Waals surface area contributed by atoms with Crippen molar-refractivity contribution in [2.45, 2.75) is 26.2 Å². The second-order valence-electron chi connectivity index (χ2n) is 3.53. The number of carboxylic acid groups (broad SMARTS) is 1. The Kier molecular flexibility index (Phi) is 4.62. The van der Waals surface area contributed by atoms with Gasteiger partial charge in [0.2, 0.25) is 0 Å². The lowest BCUT2D eigenvalue weighted by Gasteiger charge is -2.11. The summed E-state index contributed by atoms with van der Waals surface area (Å²) in [5.41, 5.74) is 1.04. The Labute approximate surface area is 100.0 Å². The molecule has 1 rings (SSSR count). The Morgan fingerprint density at radius 1 is 1.50 bits per heavy atom. The van der Waals surface area contributed by atoms with Gasteiger partial charge >= 0.3 is 5.97 Å². The quantitative estimate of drug-likeness (QED) is 0.861. The minimum Gasteiger partial charge on any atom is -0.494 e. The zero-order valence-corrected chi connectivity index (χ0v) is 10.2. The summed E-state index contributed by atoms with van der Waals surface area (Å²) in [7, 11) is 1.43. The van der Waals surface area contributed by atoms with E-state index in [1.807, 2.05) is 0 Å². The first kappa shape index (κ1) is 12.8.